The highest BCUT2D eigenvalue weighted by Crippen LogP contribution is 2.66. The average molecular weight is 1560 g/mol. The van der Waals surface area contributed by atoms with Crippen LogP contribution in [0.1, 0.15) is 96.5 Å². The zero-order chi connectivity index (χ0) is 80.5. The first kappa shape index (κ1) is 69.3. The number of hydrogen-bond acceptors (Lipinski definition) is 6. The van der Waals surface area contributed by atoms with Gasteiger partial charge in [-0.3, -0.25) is 0 Å². The van der Waals surface area contributed by atoms with Gasteiger partial charge in [0.05, 0.1) is 22.7 Å². The quantitative estimate of drug-likeness (QED) is 0.108. The van der Waals surface area contributed by atoms with Gasteiger partial charge < -0.3 is 28.4 Å². The van der Waals surface area contributed by atoms with Gasteiger partial charge in [0.2, 0.25) is 0 Å². The van der Waals surface area contributed by atoms with Crippen molar-refractivity contribution in [2.24, 2.45) is 0 Å². The first-order valence-electron chi connectivity index (χ1n) is 43.2. The van der Waals surface area contributed by atoms with Gasteiger partial charge in [0.1, 0.15) is 11.2 Å². The molecule has 0 N–H and O–H groups in total. The Hall–Kier alpha value is -14.7. The van der Waals surface area contributed by atoms with E-state index in [1.165, 1.54) is 127 Å². The molecule has 2 fully saturated rings. The number of furan rings is 2. The molecule has 6 aliphatic rings. The van der Waals surface area contributed by atoms with Crippen molar-refractivity contribution < 1.29 is 8.83 Å². The van der Waals surface area contributed by atoms with Crippen molar-refractivity contribution in [3.8, 4) is 44.5 Å². The molecule has 20 aromatic rings. The van der Waals surface area contributed by atoms with E-state index in [0.717, 1.165) is 133 Å². The van der Waals surface area contributed by atoms with Crippen molar-refractivity contribution >= 4 is 134 Å². The fourth-order valence-corrected chi connectivity index (χ4v) is 22.8. The van der Waals surface area contributed by atoms with E-state index >= 15 is 0 Å². The van der Waals surface area contributed by atoms with Crippen LogP contribution in [0.4, 0.5) is 68.2 Å². The molecule has 0 amide bonds. The standard InChI is InChI=1S/C116H82N4O2/c1-113(2)95-41-19-16-34-81(95)83-53-51-79(67-99(83)113)118(74-28-10-5-11-29-74)103-59-57-88-85-55-50-78(69-101(85)115(62-63-115)97-43-22-39-92(103)109(88)97)117(73-26-8-4-9-27-73)77-49-54-84-82-35-17-20-42-96(82)114(3,100(84)68-77)71-72-48-61-108-94(66-72)91-38-25-46-106(112(91)122-108)120(76-32-14-7-15-33-76)104-60-58-89-86-56-52-80(70-102(86)116(64-65-116)98-44-23-40-93(104)110(89)98)119(75-30-12-6-13-31-75)105-45-24-37-90-87-36-18-21-47-107(87)121-111(90)105/h4-61,66-70H,62-65,71H2,1-3H3. The van der Waals surface area contributed by atoms with Gasteiger partial charge in [-0.1, -0.05) is 263 Å². The van der Waals surface area contributed by atoms with Gasteiger partial charge in [-0.05, 0) is 277 Å². The number of hydrogen-bond donors (Lipinski definition) is 0. The third-order valence-electron chi connectivity index (χ3n) is 28.7. The molecule has 2 aromatic heterocycles. The molecule has 26 rings (SSSR count). The van der Waals surface area contributed by atoms with Crippen LogP contribution >= 0.6 is 0 Å². The largest absolute Gasteiger partial charge is 0.454 e. The zero-order valence-corrected chi connectivity index (χ0v) is 68.0. The Balaban J connectivity index is 0.554. The summed E-state index contributed by atoms with van der Waals surface area (Å²) in [6.45, 7) is 7.25. The van der Waals surface area contributed by atoms with E-state index in [4.69, 9.17) is 8.83 Å². The van der Waals surface area contributed by atoms with Crippen LogP contribution in [0.3, 0.4) is 0 Å². The molecular weight excluding hydrogens is 1480 g/mol. The van der Waals surface area contributed by atoms with Crippen molar-refractivity contribution in [1.82, 2.24) is 0 Å². The maximum atomic E-state index is 7.30. The summed E-state index contributed by atoms with van der Waals surface area (Å²) < 4.78 is 14.1. The summed E-state index contributed by atoms with van der Waals surface area (Å²) in [5.41, 5.74) is 38.7. The Bertz CT molecular complexity index is 7820. The molecule has 0 bridgehead atoms. The molecule has 578 valence electrons. The molecule has 1 unspecified atom stereocenters. The molecule has 2 saturated carbocycles. The molecule has 2 heterocycles. The van der Waals surface area contributed by atoms with E-state index in [1.807, 2.05) is 0 Å². The second-order valence-corrected chi connectivity index (χ2v) is 35.6. The summed E-state index contributed by atoms with van der Waals surface area (Å²) in [5.74, 6) is 0. The Morgan fingerprint density at radius 2 is 0.598 bits per heavy atom. The summed E-state index contributed by atoms with van der Waals surface area (Å²) in [6.07, 6.45) is 5.11. The Morgan fingerprint density at radius 3 is 1.16 bits per heavy atom. The number of anilines is 12. The lowest BCUT2D eigenvalue weighted by Crippen LogP contribution is -2.24. The Labute approximate surface area is 708 Å². The molecule has 6 nitrogen and oxygen atoms in total. The summed E-state index contributed by atoms with van der Waals surface area (Å²) >= 11 is 0. The van der Waals surface area contributed by atoms with Crippen molar-refractivity contribution in [2.45, 2.75) is 74.5 Å². The molecule has 122 heavy (non-hydrogen) atoms. The second kappa shape index (κ2) is 25.7. The molecule has 0 saturated heterocycles. The lowest BCUT2D eigenvalue weighted by Gasteiger charge is -2.34. The van der Waals surface area contributed by atoms with Crippen molar-refractivity contribution in [2.75, 3.05) is 19.6 Å². The van der Waals surface area contributed by atoms with Gasteiger partial charge in [0.15, 0.2) is 11.2 Å². The van der Waals surface area contributed by atoms with Gasteiger partial charge in [0.25, 0.3) is 0 Å². The zero-order valence-electron chi connectivity index (χ0n) is 68.0. The van der Waals surface area contributed by atoms with Crippen LogP contribution in [0, 0.1) is 0 Å². The van der Waals surface area contributed by atoms with Crippen molar-refractivity contribution in [1.29, 1.82) is 0 Å². The maximum Gasteiger partial charge on any atom is 0.159 e. The molecule has 18 aromatic carbocycles. The number of nitrogens with zero attached hydrogens (tertiary/aromatic N) is 4. The normalized spacial score (nSPS) is 15.8. The smallest absolute Gasteiger partial charge is 0.159 e. The number of rotatable bonds is 14. The highest BCUT2D eigenvalue weighted by molar-refractivity contribution is 6.17. The monoisotopic (exact) mass is 1560 g/mol. The molecule has 6 heteroatoms. The van der Waals surface area contributed by atoms with Gasteiger partial charge in [-0.2, -0.15) is 0 Å². The molecule has 0 aliphatic heterocycles. The van der Waals surface area contributed by atoms with Crippen LogP contribution in [0.2, 0.25) is 0 Å². The fourth-order valence-electron chi connectivity index (χ4n) is 22.8. The van der Waals surface area contributed by atoms with Crippen molar-refractivity contribution in [3.05, 3.63) is 432 Å². The van der Waals surface area contributed by atoms with E-state index in [-0.39, 0.29) is 16.2 Å². The number of benzene rings is 18. The van der Waals surface area contributed by atoms with Crippen molar-refractivity contribution in [3.63, 3.8) is 0 Å². The van der Waals surface area contributed by atoms with Crippen LogP contribution in [0.15, 0.2) is 391 Å². The minimum absolute atomic E-state index is 0.121. The van der Waals surface area contributed by atoms with Crippen LogP contribution in [0.5, 0.6) is 0 Å². The minimum Gasteiger partial charge on any atom is -0.454 e. The average Bonchev–Trinajstić information content (AvgIpc) is 1.46. The highest BCUT2D eigenvalue weighted by atomic mass is 16.3. The molecule has 2 spiro atoms. The van der Waals surface area contributed by atoms with Crippen LogP contribution in [-0.4, -0.2) is 0 Å². The third-order valence-corrected chi connectivity index (χ3v) is 28.7. The first-order valence-corrected chi connectivity index (χ1v) is 43.2. The number of para-hydroxylation sites is 7. The maximum absolute atomic E-state index is 7.30. The molecule has 6 aliphatic carbocycles. The predicted octanol–water partition coefficient (Wildman–Crippen LogP) is 31.6. The summed E-state index contributed by atoms with van der Waals surface area (Å²) in [7, 11) is 0. The van der Waals surface area contributed by atoms with E-state index in [9.17, 15) is 0 Å². The summed E-state index contributed by atoms with van der Waals surface area (Å²) in [5, 5.41) is 9.59. The van der Waals surface area contributed by atoms with Crippen LogP contribution < -0.4 is 19.6 Å². The fraction of sp³-hybridized carbons (Fsp3) is 0.103. The minimum atomic E-state index is -0.397. The Morgan fingerprint density at radius 1 is 0.230 bits per heavy atom. The van der Waals surface area contributed by atoms with Gasteiger partial charge >= 0.3 is 0 Å². The first-order chi connectivity index (χ1) is 60.1. The van der Waals surface area contributed by atoms with Gasteiger partial charge in [-0.15, -0.1) is 0 Å². The molecule has 0 radical (unpaired) electrons. The summed E-state index contributed by atoms with van der Waals surface area (Å²) in [6, 6.07) is 143. The van der Waals surface area contributed by atoms with E-state index < -0.39 is 5.41 Å². The lowest BCUT2D eigenvalue weighted by molar-refractivity contribution is 0.583. The topological polar surface area (TPSA) is 39.2 Å². The SMILES string of the molecule is CC1(C)c2ccccc2-c2ccc(N(c3ccccc3)c3ccc4c5c(cccc35)C3(CC3)c3cc(N(c5ccccc5)c5ccc6c(c5)C(C)(Cc5ccc7oc8c(N(c9ccccc9)c9ccc%10c%11c(cccc9%11)C9(CC9)c9cc(N(c%11ccccc%11)c%11cccc%12c%11oc%11ccccc%11%12)ccc9-%10)cccc8c7c5)c5ccccc5-6)ccc3-4)cc21. The molecule has 1 atom stereocenters. The van der Waals surface area contributed by atoms with E-state index in [1.54, 1.807) is 0 Å². The summed E-state index contributed by atoms with van der Waals surface area (Å²) in [4.78, 5) is 9.86. The van der Waals surface area contributed by atoms with Gasteiger partial charge in [0, 0.05) is 99.5 Å². The van der Waals surface area contributed by atoms with E-state index in [2.05, 4.69) is 423 Å². The van der Waals surface area contributed by atoms with E-state index in [0.29, 0.717) is 0 Å². The highest BCUT2D eigenvalue weighted by Gasteiger charge is 2.53. The van der Waals surface area contributed by atoms with Crippen LogP contribution in [-0.2, 0) is 28.1 Å². The van der Waals surface area contributed by atoms with Gasteiger partial charge in [-0.25, -0.2) is 0 Å². The Kier molecular flexibility index (Phi) is 14.6. The third kappa shape index (κ3) is 9.89. The van der Waals surface area contributed by atoms with Crippen LogP contribution in [0.25, 0.3) is 110 Å². The predicted molar refractivity (Wildman–Crippen MR) is 505 cm³/mol. The lowest BCUT2D eigenvalue weighted by atomic mass is 9.74. The molecular formula is C116H82N4O2. The number of fused-ring (bicyclic) bond motifs is 20. The second-order valence-electron chi connectivity index (χ2n) is 35.6.